The van der Waals surface area contributed by atoms with Crippen molar-refractivity contribution in [2.24, 2.45) is 5.73 Å². The fraction of sp³-hybridized carbons (Fsp3) is 0.231. The van der Waals surface area contributed by atoms with E-state index in [0.717, 1.165) is 10.7 Å². The van der Waals surface area contributed by atoms with Gasteiger partial charge in [-0.15, -0.1) is 0 Å². The lowest BCUT2D eigenvalue weighted by Crippen LogP contribution is -1.98. The van der Waals surface area contributed by atoms with E-state index in [2.05, 4.69) is 42.0 Å². The number of aromatic nitrogens is 2. The highest BCUT2D eigenvalue weighted by Crippen LogP contribution is 2.28. The Bertz CT molecular complexity index is 509. The summed E-state index contributed by atoms with van der Waals surface area (Å²) in [6.45, 7) is 4.66. The van der Waals surface area contributed by atoms with E-state index in [9.17, 15) is 0 Å². The molecule has 3 nitrogen and oxygen atoms in total. The van der Waals surface area contributed by atoms with Crippen LogP contribution in [0.4, 0.5) is 0 Å². The lowest BCUT2D eigenvalue weighted by Gasteiger charge is -2.05. The molecule has 0 unspecified atom stereocenters. The third-order valence-corrected chi connectivity index (χ3v) is 3.52. The van der Waals surface area contributed by atoms with Gasteiger partial charge in [0.25, 0.3) is 0 Å². The summed E-state index contributed by atoms with van der Waals surface area (Å²) >= 11 is 1.58. The smallest absolute Gasteiger partial charge is 0.192 e. The van der Waals surface area contributed by atoms with E-state index in [-0.39, 0.29) is 0 Å². The van der Waals surface area contributed by atoms with Crippen LogP contribution in [0.15, 0.2) is 40.6 Å². The van der Waals surface area contributed by atoms with Gasteiger partial charge in [-0.2, -0.15) is 0 Å². The van der Waals surface area contributed by atoms with E-state index in [4.69, 9.17) is 5.73 Å². The Morgan fingerprint density at radius 3 is 2.53 bits per heavy atom. The molecule has 0 spiro atoms. The molecule has 0 atom stereocenters. The van der Waals surface area contributed by atoms with E-state index in [1.54, 1.807) is 24.2 Å². The van der Waals surface area contributed by atoms with Crippen LogP contribution in [0.5, 0.6) is 0 Å². The van der Waals surface area contributed by atoms with Crippen molar-refractivity contribution in [3.05, 3.63) is 47.3 Å². The molecular formula is C13H15N3S. The van der Waals surface area contributed by atoms with Gasteiger partial charge in [-0.3, -0.25) is 0 Å². The van der Waals surface area contributed by atoms with Crippen molar-refractivity contribution in [3.8, 4) is 0 Å². The molecule has 0 fully saturated rings. The highest BCUT2D eigenvalue weighted by Gasteiger charge is 2.04. The second-order valence-electron chi connectivity index (χ2n) is 3.95. The molecule has 2 rings (SSSR count). The molecule has 0 saturated heterocycles. The van der Waals surface area contributed by atoms with Gasteiger partial charge in [-0.05, 0) is 42.8 Å². The zero-order valence-corrected chi connectivity index (χ0v) is 10.8. The Labute approximate surface area is 105 Å². The Hall–Kier alpha value is -1.39. The van der Waals surface area contributed by atoms with Gasteiger partial charge in [0.2, 0.25) is 0 Å². The van der Waals surface area contributed by atoms with Crippen LogP contribution in [-0.4, -0.2) is 9.97 Å². The van der Waals surface area contributed by atoms with Gasteiger partial charge in [0.05, 0.1) is 0 Å². The number of nitrogens with two attached hydrogens (primary N) is 1. The first kappa shape index (κ1) is 12.1. The molecule has 0 bridgehead atoms. The molecule has 1 aromatic heterocycles. The fourth-order valence-electron chi connectivity index (χ4n) is 1.42. The molecule has 2 N–H and O–H groups in total. The number of rotatable bonds is 3. The predicted molar refractivity (Wildman–Crippen MR) is 70.0 cm³/mol. The monoisotopic (exact) mass is 245 g/mol. The van der Waals surface area contributed by atoms with Crippen LogP contribution in [0.25, 0.3) is 0 Å². The molecule has 4 heteroatoms. The molecule has 2 aromatic rings. The normalized spacial score (nSPS) is 10.5. The molecule has 0 aliphatic heterocycles. The van der Waals surface area contributed by atoms with Gasteiger partial charge >= 0.3 is 0 Å². The van der Waals surface area contributed by atoms with Gasteiger partial charge in [0.1, 0.15) is 0 Å². The minimum Gasteiger partial charge on any atom is -0.326 e. The second kappa shape index (κ2) is 5.29. The maximum Gasteiger partial charge on any atom is 0.192 e. The highest BCUT2D eigenvalue weighted by molar-refractivity contribution is 7.99. The number of hydrogen-bond donors (Lipinski definition) is 1. The number of aryl methyl sites for hydroxylation is 2. The Morgan fingerprint density at radius 2 is 1.88 bits per heavy atom. The molecule has 0 radical (unpaired) electrons. The summed E-state index contributed by atoms with van der Waals surface area (Å²) in [6, 6.07) is 6.38. The van der Waals surface area contributed by atoms with Crippen molar-refractivity contribution in [3.63, 3.8) is 0 Å². The first-order valence-corrected chi connectivity index (χ1v) is 6.27. The summed E-state index contributed by atoms with van der Waals surface area (Å²) in [6.07, 6.45) is 3.56. The largest absolute Gasteiger partial charge is 0.326 e. The van der Waals surface area contributed by atoms with Crippen LogP contribution in [0.1, 0.15) is 16.7 Å². The van der Waals surface area contributed by atoms with Crippen LogP contribution in [-0.2, 0) is 6.54 Å². The van der Waals surface area contributed by atoms with Crippen molar-refractivity contribution in [1.29, 1.82) is 0 Å². The van der Waals surface area contributed by atoms with Crippen LogP contribution >= 0.6 is 11.8 Å². The molecule has 88 valence electrons. The van der Waals surface area contributed by atoms with E-state index < -0.39 is 0 Å². The molecule has 0 amide bonds. The Morgan fingerprint density at radius 1 is 1.18 bits per heavy atom. The summed E-state index contributed by atoms with van der Waals surface area (Å²) in [5.74, 6) is 0. The lowest BCUT2D eigenvalue weighted by atomic mass is 10.2. The maximum absolute atomic E-state index is 5.51. The average molecular weight is 245 g/mol. The number of benzene rings is 1. The molecule has 1 aromatic carbocycles. The van der Waals surface area contributed by atoms with Gasteiger partial charge in [-0.1, -0.05) is 12.1 Å². The van der Waals surface area contributed by atoms with Gasteiger partial charge in [0.15, 0.2) is 5.16 Å². The van der Waals surface area contributed by atoms with Crippen molar-refractivity contribution in [1.82, 2.24) is 9.97 Å². The summed E-state index contributed by atoms with van der Waals surface area (Å²) in [5.41, 5.74) is 8.95. The van der Waals surface area contributed by atoms with Crippen molar-refractivity contribution in [2.75, 3.05) is 0 Å². The molecule has 1 heterocycles. The third-order valence-electron chi connectivity index (χ3n) is 2.46. The maximum atomic E-state index is 5.51. The van der Waals surface area contributed by atoms with Crippen LogP contribution in [0.2, 0.25) is 0 Å². The Balaban J connectivity index is 2.22. The van der Waals surface area contributed by atoms with E-state index in [0.29, 0.717) is 6.54 Å². The summed E-state index contributed by atoms with van der Waals surface area (Å²) in [4.78, 5) is 9.77. The summed E-state index contributed by atoms with van der Waals surface area (Å²) < 4.78 is 0. The molecular weight excluding hydrogens is 230 g/mol. The van der Waals surface area contributed by atoms with E-state index >= 15 is 0 Å². The Kier molecular flexibility index (Phi) is 3.76. The highest BCUT2D eigenvalue weighted by atomic mass is 32.2. The second-order valence-corrected chi connectivity index (χ2v) is 4.96. The van der Waals surface area contributed by atoms with Gasteiger partial charge in [-0.25, -0.2) is 9.97 Å². The zero-order valence-electron chi connectivity index (χ0n) is 9.97. The fourth-order valence-corrected chi connectivity index (χ4v) is 2.30. The van der Waals surface area contributed by atoms with Crippen LogP contribution < -0.4 is 5.73 Å². The quantitative estimate of drug-likeness (QED) is 0.845. The summed E-state index contributed by atoms with van der Waals surface area (Å²) in [7, 11) is 0. The molecule has 17 heavy (non-hydrogen) atoms. The van der Waals surface area contributed by atoms with E-state index in [1.807, 2.05) is 0 Å². The third kappa shape index (κ3) is 3.05. The predicted octanol–water partition coefficient (Wildman–Crippen LogP) is 2.70. The van der Waals surface area contributed by atoms with E-state index in [1.165, 1.54) is 16.0 Å². The first-order chi connectivity index (χ1) is 8.19. The number of nitrogens with zero attached hydrogens (tertiary/aromatic N) is 2. The lowest BCUT2D eigenvalue weighted by molar-refractivity contribution is 0.913. The van der Waals surface area contributed by atoms with Crippen LogP contribution in [0, 0.1) is 13.8 Å². The van der Waals surface area contributed by atoms with Gasteiger partial charge in [0, 0.05) is 29.4 Å². The minimum atomic E-state index is 0.481. The van der Waals surface area contributed by atoms with Crippen LogP contribution in [0.3, 0.4) is 0 Å². The van der Waals surface area contributed by atoms with Gasteiger partial charge < -0.3 is 5.73 Å². The topological polar surface area (TPSA) is 51.8 Å². The van der Waals surface area contributed by atoms with Crippen molar-refractivity contribution in [2.45, 2.75) is 30.4 Å². The molecule has 0 saturated carbocycles. The average Bonchev–Trinajstić information content (AvgIpc) is 2.35. The SMILES string of the molecule is Cc1ccc(C)c(Sc2ncc(CN)cn2)c1. The molecule has 0 aliphatic carbocycles. The standard InChI is InChI=1S/C13H15N3S/c1-9-3-4-10(2)12(5-9)17-13-15-7-11(6-14)8-16-13/h3-5,7-8H,6,14H2,1-2H3. The van der Waals surface area contributed by atoms with Crippen molar-refractivity contribution < 1.29 is 0 Å². The number of hydrogen-bond acceptors (Lipinski definition) is 4. The molecule has 0 aliphatic rings. The van der Waals surface area contributed by atoms with Crippen molar-refractivity contribution >= 4 is 11.8 Å². The minimum absolute atomic E-state index is 0.481. The first-order valence-electron chi connectivity index (χ1n) is 5.45. The zero-order chi connectivity index (χ0) is 12.3. The summed E-state index contributed by atoms with van der Waals surface area (Å²) in [5, 5.41) is 0.760.